The van der Waals surface area contributed by atoms with Crippen molar-refractivity contribution in [2.45, 2.75) is 43.4 Å². The summed E-state index contributed by atoms with van der Waals surface area (Å²) in [6.07, 6.45) is 5.05. The fourth-order valence-corrected chi connectivity index (χ4v) is 4.06. The summed E-state index contributed by atoms with van der Waals surface area (Å²) in [7, 11) is -1.51. The molecule has 1 N–H and O–H groups in total. The van der Waals surface area contributed by atoms with Crippen molar-refractivity contribution >= 4 is 8.68 Å². The van der Waals surface area contributed by atoms with Gasteiger partial charge in [-0.05, 0) is 31.6 Å². The highest BCUT2D eigenvalue weighted by molar-refractivity contribution is 6.44. The van der Waals surface area contributed by atoms with Crippen molar-refractivity contribution in [3.8, 4) is 0 Å². The maximum absolute atomic E-state index is 11.7. The van der Waals surface area contributed by atoms with Gasteiger partial charge in [-0.1, -0.05) is 0 Å². The van der Waals surface area contributed by atoms with Crippen molar-refractivity contribution in [3.05, 3.63) is 0 Å². The molecule has 0 radical (unpaired) electrons. The molecule has 0 aromatic carbocycles. The normalized spacial score (nSPS) is 36.8. The Bertz CT molecular complexity index is 207. The molecule has 80 valence electrons. The van der Waals surface area contributed by atoms with Gasteiger partial charge in [0, 0.05) is 18.2 Å². The van der Waals surface area contributed by atoms with E-state index >= 15 is 0 Å². The summed E-state index contributed by atoms with van der Waals surface area (Å²) in [6, 6.07) is 0.528. The molecule has 1 atom stereocenters. The van der Waals surface area contributed by atoms with Gasteiger partial charge in [-0.2, -0.15) is 0 Å². The highest BCUT2D eigenvalue weighted by Crippen LogP contribution is 2.39. The number of rotatable bonds is 4. The first-order valence-electron chi connectivity index (χ1n) is 5.56. The Balaban J connectivity index is 1.74. The fourth-order valence-electron chi connectivity index (χ4n) is 2.45. The molecule has 2 fully saturated rings. The van der Waals surface area contributed by atoms with Crippen molar-refractivity contribution in [2.24, 2.45) is 5.92 Å². The van der Waals surface area contributed by atoms with Gasteiger partial charge in [0.1, 0.15) is 0 Å². The Hall–Kier alpha value is -0.0631. The standard InChI is InChI=1S/C10H18O3Si/c11-5-6-14(12)9-3-1-8(2-4-9)10-7-13-10/h8-11H,1-7H2. The molecule has 1 aliphatic carbocycles. The van der Waals surface area contributed by atoms with E-state index in [1.807, 2.05) is 0 Å². The number of aliphatic hydroxyl groups is 1. The molecule has 2 rings (SSSR count). The summed E-state index contributed by atoms with van der Waals surface area (Å²) < 4.78 is 17.0. The van der Waals surface area contributed by atoms with E-state index in [1.54, 1.807) is 0 Å². The van der Waals surface area contributed by atoms with Crippen LogP contribution in [0.2, 0.25) is 11.6 Å². The lowest BCUT2D eigenvalue weighted by Gasteiger charge is -2.25. The zero-order chi connectivity index (χ0) is 9.97. The maximum atomic E-state index is 11.7. The Morgan fingerprint density at radius 1 is 1.29 bits per heavy atom. The third-order valence-electron chi connectivity index (χ3n) is 3.47. The Morgan fingerprint density at radius 3 is 2.43 bits per heavy atom. The first kappa shape index (κ1) is 10.5. The van der Waals surface area contributed by atoms with E-state index in [2.05, 4.69) is 0 Å². The lowest BCUT2D eigenvalue weighted by Crippen LogP contribution is -2.21. The molecule has 0 spiro atoms. The summed E-state index contributed by atoms with van der Waals surface area (Å²) in [5.41, 5.74) is 0.405. The largest absolute Gasteiger partial charge is 0.396 e. The van der Waals surface area contributed by atoms with Gasteiger partial charge in [0.2, 0.25) is 0 Å². The minimum Gasteiger partial charge on any atom is -0.396 e. The second-order valence-corrected chi connectivity index (χ2v) is 6.67. The molecule has 3 nitrogen and oxygen atoms in total. The van der Waals surface area contributed by atoms with Crippen molar-refractivity contribution in [3.63, 3.8) is 0 Å². The van der Waals surface area contributed by atoms with E-state index in [1.165, 1.54) is 12.8 Å². The van der Waals surface area contributed by atoms with Crippen LogP contribution >= 0.6 is 0 Å². The van der Waals surface area contributed by atoms with Crippen molar-refractivity contribution in [2.75, 3.05) is 13.2 Å². The van der Waals surface area contributed by atoms with Gasteiger partial charge < -0.3 is 14.3 Å². The highest BCUT2D eigenvalue weighted by atomic mass is 28.3. The molecular formula is C10H18O3Si. The quantitative estimate of drug-likeness (QED) is 0.568. The number of epoxide rings is 1. The van der Waals surface area contributed by atoms with Crippen molar-refractivity contribution in [1.82, 2.24) is 0 Å². The second-order valence-electron chi connectivity index (χ2n) is 4.42. The monoisotopic (exact) mass is 214 g/mol. The fraction of sp³-hybridized carbons (Fsp3) is 1.00. The molecule has 4 heteroatoms. The third kappa shape index (κ3) is 2.49. The zero-order valence-electron chi connectivity index (χ0n) is 8.45. The van der Waals surface area contributed by atoms with Crippen LogP contribution in [0, 0.1) is 5.92 Å². The van der Waals surface area contributed by atoms with Gasteiger partial charge in [-0.25, -0.2) is 0 Å². The predicted molar refractivity (Wildman–Crippen MR) is 53.8 cm³/mol. The van der Waals surface area contributed by atoms with Crippen LogP contribution in [0.1, 0.15) is 25.7 Å². The SMILES string of the molecule is O=[Si](CCO)C1CCC(C2CO2)CC1. The van der Waals surface area contributed by atoms with Crippen LogP contribution in [0.3, 0.4) is 0 Å². The van der Waals surface area contributed by atoms with Crippen molar-refractivity contribution < 1.29 is 14.3 Å². The van der Waals surface area contributed by atoms with Crippen LogP contribution in [-0.2, 0) is 9.20 Å². The average molecular weight is 214 g/mol. The third-order valence-corrected chi connectivity index (χ3v) is 5.67. The van der Waals surface area contributed by atoms with E-state index in [4.69, 9.17) is 9.84 Å². The minimum atomic E-state index is -1.51. The van der Waals surface area contributed by atoms with Gasteiger partial charge in [-0.15, -0.1) is 0 Å². The summed E-state index contributed by atoms with van der Waals surface area (Å²) >= 11 is 0. The molecule has 0 aromatic rings. The molecule has 1 heterocycles. The molecule has 2 aliphatic rings. The van der Waals surface area contributed by atoms with E-state index in [0.29, 0.717) is 17.7 Å². The minimum absolute atomic E-state index is 0.0868. The lowest BCUT2D eigenvalue weighted by atomic mass is 9.87. The summed E-state index contributed by atoms with van der Waals surface area (Å²) in [5, 5.41) is 8.72. The first-order chi connectivity index (χ1) is 6.81. The summed E-state index contributed by atoms with van der Waals surface area (Å²) in [6.45, 7) is 1.03. The molecule has 0 bridgehead atoms. The molecule has 1 unspecified atom stereocenters. The van der Waals surface area contributed by atoms with Gasteiger partial charge in [0.15, 0.2) is 0 Å². The number of ether oxygens (including phenoxy) is 1. The van der Waals surface area contributed by atoms with Crippen molar-refractivity contribution in [1.29, 1.82) is 0 Å². The molecule has 0 amide bonds. The smallest absolute Gasteiger partial charge is 0.282 e. The topological polar surface area (TPSA) is 49.8 Å². The van der Waals surface area contributed by atoms with E-state index in [0.717, 1.165) is 25.4 Å². The second kappa shape index (κ2) is 4.64. The molecule has 14 heavy (non-hydrogen) atoms. The Morgan fingerprint density at radius 2 is 1.93 bits per heavy atom. The zero-order valence-corrected chi connectivity index (χ0v) is 9.45. The molecular weight excluding hydrogens is 196 g/mol. The van der Waals surface area contributed by atoms with Gasteiger partial charge in [0.25, 0.3) is 8.68 Å². The van der Waals surface area contributed by atoms with Gasteiger partial charge in [0.05, 0.1) is 12.7 Å². The molecule has 1 saturated heterocycles. The lowest BCUT2D eigenvalue weighted by molar-refractivity contribution is 0.261. The van der Waals surface area contributed by atoms with Crippen LogP contribution in [0.25, 0.3) is 0 Å². The van der Waals surface area contributed by atoms with E-state index in [9.17, 15) is 4.46 Å². The molecule has 1 aliphatic heterocycles. The van der Waals surface area contributed by atoms with Crippen LogP contribution in [0.5, 0.6) is 0 Å². The number of aliphatic hydroxyl groups excluding tert-OH is 1. The van der Waals surface area contributed by atoms with Crippen LogP contribution in [0.15, 0.2) is 0 Å². The van der Waals surface area contributed by atoms with E-state index in [-0.39, 0.29) is 6.61 Å². The van der Waals surface area contributed by atoms with Gasteiger partial charge >= 0.3 is 0 Å². The Kier molecular flexibility index (Phi) is 3.46. The van der Waals surface area contributed by atoms with Crippen LogP contribution in [-0.4, -0.2) is 33.1 Å². The average Bonchev–Trinajstić information content (AvgIpc) is 3.02. The first-order valence-corrected chi connectivity index (χ1v) is 7.25. The van der Waals surface area contributed by atoms with E-state index < -0.39 is 8.68 Å². The molecule has 0 aromatic heterocycles. The highest BCUT2D eigenvalue weighted by Gasteiger charge is 2.36. The predicted octanol–water partition coefficient (Wildman–Crippen LogP) is 1.36. The number of hydrogen-bond acceptors (Lipinski definition) is 3. The van der Waals surface area contributed by atoms with Crippen LogP contribution < -0.4 is 0 Å². The summed E-state index contributed by atoms with van der Waals surface area (Å²) in [5.74, 6) is 0.732. The molecule has 1 saturated carbocycles. The Labute approximate surface area is 86.1 Å². The van der Waals surface area contributed by atoms with Gasteiger partial charge in [-0.3, -0.25) is 0 Å². The summed E-state index contributed by atoms with van der Waals surface area (Å²) in [4.78, 5) is 0. The number of hydrogen-bond donors (Lipinski definition) is 1. The van der Waals surface area contributed by atoms with Crippen LogP contribution in [0.4, 0.5) is 0 Å². The maximum Gasteiger partial charge on any atom is 0.282 e.